The average molecular weight is 388 g/mol. The van der Waals surface area contributed by atoms with Crippen LogP contribution in [0.4, 0.5) is 0 Å². The number of rotatable bonds is 5. The van der Waals surface area contributed by atoms with Crippen molar-refractivity contribution >= 4 is 59.9 Å². The fourth-order valence-corrected chi connectivity index (χ4v) is 3.71. The molecule has 130 valence electrons. The fraction of sp³-hybridized carbons (Fsp3) is 0.294. The van der Waals surface area contributed by atoms with Gasteiger partial charge in [0, 0.05) is 34.6 Å². The Kier molecular flexibility index (Phi) is 6.99. The van der Waals surface area contributed by atoms with Crippen molar-refractivity contribution in [3.63, 3.8) is 0 Å². The predicted molar refractivity (Wildman–Crippen MR) is 102 cm³/mol. The number of nitrogens with one attached hydrogen (secondary N) is 1. The summed E-state index contributed by atoms with van der Waals surface area (Å²) >= 11 is -1.33. The third-order valence-electron chi connectivity index (χ3n) is 3.90. The van der Waals surface area contributed by atoms with Crippen LogP contribution in [-0.4, -0.2) is 71.5 Å². The van der Waals surface area contributed by atoms with Crippen LogP contribution in [0.2, 0.25) is 0 Å². The molecule has 8 heteroatoms. The normalized spacial score (nSPS) is 11.9. The van der Waals surface area contributed by atoms with Crippen molar-refractivity contribution in [3.8, 4) is 11.5 Å². The van der Waals surface area contributed by atoms with E-state index in [0.29, 0.717) is 5.16 Å². The third-order valence-corrected chi connectivity index (χ3v) is 5.06. The number of benzene rings is 1. The van der Waals surface area contributed by atoms with E-state index in [0.717, 1.165) is 39.4 Å². The first-order valence-electron chi connectivity index (χ1n) is 7.44. The number of methoxy groups -OCH3 is 2. The maximum absolute atomic E-state index is 12.7. The van der Waals surface area contributed by atoms with Crippen molar-refractivity contribution in [2.24, 2.45) is 0 Å². The molecule has 0 aliphatic rings. The summed E-state index contributed by atoms with van der Waals surface area (Å²) in [6.07, 6.45) is 1.74. The average Bonchev–Trinajstić information content (AvgIpc) is 3.01. The van der Waals surface area contributed by atoms with Gasteiger partial charge in [-0.1, -0.05) is 0 Å². The molecule has 6 nitrogen and oxygen atoms in total. The van der Waals surface area contributed by atoms with Crippen LogP contribution in [0, 0.1) is 13.8 Å². The number of nitrogens with zero attached hydrogens (tertiary/aromatic N) is 2. The summed E-state index contributed by atoms with van der Waals surface area (Å²) in [5.74, 6) is 1.79. The van der Waals surface area contributed by atoms with Gasteiger partial charge in [0.05, 0.1) is 30.9 Å². The molecular weight excluding hydrogens is 366 g/mol. The Labute approximate surface area is 179 Å². The SMILES string of the molecule is COc1ccc2nc([S@+]([O-])Cc3ncc(C)c(OC)c3C)[nH]c2c1.[CaH2]. The second-order valence-corrected chi connectivity index (χ2v) is 6.83. The molecule has 1 atom stereocenters. The molecule has 0 radical (unpaired) electrons. The van der Waals surface area contributed by atoms with Gasteiger partial charge in [0.2, 0.25) is 0 Å². The Morgan fingerprint density at radius 2 is 1.96 bits per heavy atom. The topological polar surface area (TPSA) is 83.1 Å². The number of H-pyrrole nitrogens is 1. The quantitative estimate of drug-likeness (QED) is 0.535. The summed E-state index contributed by atoms with van der Waals surface area (Å²) in [7, 11) is 3.23. The molecule has 0 aliphatic heterocycles. The van der Waals surface area contributed by atoms with Crippen LogP contribution >= 0.6 is 0 Å². The van der Waals surface area contributed by atoms with Gasteiger partial charge in [0.1, 0.15) is 11.5 Å². The van der Waals surface area contributed by atoms with Crippen molar-refractivity contribution in [1.29, 1.82) is 0 Å². The van der Waals surface area contributed by atoms with E-state index in [1.165, 1.54) is 0 Å². The zero-order chi connectivity index (χ0) is 17.3. The van der Waals surface area contributed by atoms with Gasteiger partial charge in [0.15, 0.2) is 5.75 Å². The standard InChI is InChI=1S/C17H19N3O3S.Ca.2H/c1-10-8-18-15(11(2)16(10)23-4)9-24(21)17-19-13-6-5-12(22-3)7-14(13)20-17;;;/h5-8H,9H2,1-4H3,(H,19,20);;;/t24-;;;/m1.../s1. The first kappa shape index (κ1) is 20.3. The molecule has 1 N–H and O–H groups in total. The third kappa shape index (κ3) is 4.23. The van der Waals surface area contributed by atoms with Gasteiger partial charge in [-0.3, -0.25) is 9.97 Å². The Morgan fingerprint density at radius 1 is 1.20 bits per heavy atom. The van der Waals surface area contributed by atoms with Gasteiger partial charge in [-0.15, -0.1) is 0 Å². The molecule has 0 fully saturated rings. The molecule has 0 aliphatic carbocycles. The van der Waals surface area contributed by atoms with Crippen molar-refractivity contribution in [2.75, 3.05) is 14.2 Å². The molecule has 0 unspecified atom stereocenters. The first-order chi connectivity index (χ1) is 11.5. The van der Waals surface area contributed by atoms with Crippen LogP contribution in [0.25, 0.3) is 11.0 Å². The molecule has 25 heavy (non-hydrogen) atoms. The molecule has 0 amide bonds. The molecule has 3 rings (SSSR count). The summed E-state index contributed by atoms with van der Waals surface area (Å²) < 4.78 is 23.3. The number of hydrogen-bond acceptors (Lipinski definition) is 5. The molecular formula is C17H21CaN3O3S. The van der Waals surface area contributed by atoms with E-state index in [2.05, 4.69) is 15.0 Å². The van der Waals surface area contributed by atoms with E-state index in [1.807, 2.05) is 32.0 Å². The van der Waals surface area contributed by atoms with Gasteiger partial charge in [0.25, 0.3) is 0 Å². The summed E-state index contributed by atoms with van der Waals surface area (Å²) in [6, 6.07) is 5.50. The van der Waals surface area contributed by atoms with Gasteiger partial charge in [-0.2, -0.15) is 4.98 Å². The number of ether oxygens (including phenoxy) is 2. The van der Waals surface area contributed by atoms with Gasteiger partial charge in [-0.05, 0) is 26.0 Å². The van der Waals surface area contributed by atoms with Gasteiger partial charge in [-0.25, -0.2) is 0 Å². The predicted octanol–water partition coefficient (Wildman–Crippen LogP) is 1.98. The number of aromatic nitrogens is 3. The van der Waals surface area contributed by atoms with E-state index in [1.54, 1.807) is 20.4 Å². The second-order valence-electron chi connectivity index (χ2n) is 5.46. The van der Waals surface area contributed by atoms with Crippen LogP contribution < -0.4 is 9.47 Å². The number of hydrogen-bond donors (Lipinski definition) is 1. The summed E-state index contributed by atoms with van der Waals surface area (Å²) in [6.45, 7) is 3.86. The summed E-state index contributed by atoms with van der Waals surface area (Å²) in [5, 5.41) is 0.430. The second kappa shape index (κ2) is 8.60. The van der Waals surface area contributed by atoms with E-state index in [9.17, 15) is 4.55 Å². The van der Waals surface area contributed by atoms with Crippen LogP contribution in [0.1, 0.15) is 16.8 Å². The van der Waals surface area contributed by atoms with E-state index >= 15 is 0 Å². The van der Waals surface area contributed by atoms with Crippen molar-refractivity contribution in [3.05, 3.63) is 41.2 Å². The summed E-state index contributed by atoms with van der Waals surface area (Å²) in [4.78, 5) is 11.9. The Hall–Kier alpha value is -0.990. The number of imidazole rings is 1. The zero-order valence-electron chi connectivity index (χ0n) is 14.0. The fourth-order valence-electron chi connectivity index (χ4n) is 2.61. The van der Waals surface area contributed by atoms with Crippen LogP contribution in [0.3, 0.4) is 0 Å². The monoisotopic (exact) mass is 387 g/mol. The molecule has 0 saturated heterocycles. The minimum absolute atomic E-state index is 0. The Morgan fingerprint density at radius 3 is 2.64 bits per heavy atom. The molecule has 2 aromatic heterocycles. The van der Waals surface area contributed by atoms with Gasteiger partial charge < -0.3 is 14.0 Å². The van der Waals surface area contributed by atoms with Gasteiger partial charge >= 0.3 is 42.9 Å². The molecule has 3 aromatic rings. The molecule has 0 saturated carbocycles. The Balaban J connectivity index is 0.00000225. The van der Waals surface area contributed by atoms with Crippen LogP contribution in [-0.2, 0) is 16.9 Å². The number of fused-ring (bicyclic) bond motifs is 1. The van der Waals surface area contributed by atoms with Crippen molar-refractivity contribution in [1.82, 2.24) is 15.0 Å². The Bertz CT molecular complexity index is 885. The van der Waals surface area contributed by atoms with E-state index in [-0.39, 0.29) is 43.5 Å². The molecule has 2 heterocycles. The van der Waals surface area contributed by atoms with E-state index < -0.39 is 11.2 Å². The molecule has 0 bridgehead atoms. The maximum atomic E-state index is 12.7. The first-order valence-corrected chi connectivity index (χ1v) is 8.76. The minimum atomic E-state index is -1.33. The van der Waals surface area contributed by atoms with Crippen LogP contribution in [0.15, 0.2) is 29.6 Å². The summed E-state index contributed by atoms with van der Waals surface area (Å²) in [5.41, 5.74) is 4.16. The van der Waals surface area contributed by atoms with E-state index in [4.69, 9.17) is 9.47 Å². The number of aryl methyl sites for hydroxylation is 1. The van der Waals surface area contributed by atoms with Crippen LogP contribution in [0.5, 0.6) is 11.5 Å². The van der Waals surface area contributed by atoms with Crippen molar-refractivity contribution in [2.45, 2.75) is 24.8 Å². The molecule has 0 spiro atoms. The number of pyridine rings is 1. The number of aromatic amines is 1. The molecule has 1 aromatic carbocycles. The zero-order valence-corrected chi connectivity index (χ0v) is 14.9. The van der Waals surface area contributed by atoms with Crippen molar-refractivity contribution < 1.29 is 14.0 Å².